The number of halogens is 1. The Bertz CT molecular complexity index is 3600. The molecule has 0 bridgehead atoms. The lowest BCUT2D eigenvalue weighted by Crippen LogP contribution is -2.01. The van der Waals surface area contributed by atoms with Gasteiger partial charge < -0.3 is 4.57 Å². The number of fused-ring (bicyclic) bond motifs is 12. The van der Waals surface area contributed by atoms with Crippen LogP contribution >= 0.6 is 0 Å². The van der Waals surface area contributed by atoms with Gasteiger partial charge in [-0.15, -0.1) is 0 Å². The third kappa shape index (κ3) is 4.79. The average Bonchev–Trinajstić information content (AvgIpc) is 3.79. The predicted molar refractivity (Wildman–Crippen MR) is 234 cm³/mol. The number of hydrogen-bond donors (Lipinski definition) is 0. The molecule has 0 saturated carbocycles. The highest BCUT2D eigenvalue weighted by Gasteiger charge is 2.18. The molecule has 4 nitrogen and oxygen atoms in total. The highest BCUT2D eigenvalue weighted by atomic mass is 19.1. The molecular weight excluding hydrogens is 700 g/mol. The van der Waals surface area contributed by atoms with E-state index in [2.05, 4.69) is 161 Å². The first-order chi connectivity index (χ1) is 28.2. The summed E-state index contributed by atoms with van der Waals surface area (Å²) in [6, 6.07) is 62.9. The van der Waals surface area contributed by atoms with Gasteiger partial charge in [0.2, 0.25) is 5.95 Å². The summed E-state index contributed by atoms with van der Waals surface area (Å²) in [5.74, 6) is 0.343. The van der Waals surface area contributed by atoms with Crippen LogP contribution in [0.3, 0.4) is 0 Å². The summed E-state index contributed by atoms with van der Waals surface area (Å²) in [7, 11) is 0. The zero-order valence-electron chi connectivity index (χ0n) is 30.6. The molecule has 3 heterocycles. The Morgan fingerprint density at radius 1 is 0.351 bits per heavy atom. The summed E-state index contributed by atoms with van der Waals surface area (Å²) in [5.41, 5.74) is 9.63. The maximum absolute atomic E-state index is 14.7. The first kappa shape index (κ1) is 31.7. The Morgan fingerprint density at radius 2 is 0.842 bits per heavy atom. The van der Waals surface area contributed by atoms with E-state index in [1.54, 1.807) is 12.1 Å². The van der Waals surface area contributed by atoms with Crippen molar-refractivity contribution in [3.63, 3.8) is 0 Å². The van der Waals surface area contributed by atoms with E-state index < -0.39 is 0 Å². The van der Waals surface area contributed by atoms with E-state index >= 15 is 0 Å². The standard InChI is InChI=1S/C52H31FN4/c53-35-21-23-40-38-13-5-4-12-37(38)39-22-18-34(30-43(39)44(40)31-35)47-26-27-54-52(55-47)57-49-17-9-7-15-42(49)46-29-33(20-25-51(46)57)32-19-24-50-45(28-32)41-14-6-8-16-48(41)56(50)36-10-2-1-3-11-36/h1-31H. The van der Waals surface area contributed by atoms with Gasteiger partial charge in [-0.05, 0) is 116 Å². The van der Waals surface area contributed by atoms with Crippen molar-refractivity contribution in [1.82, 2.24) is 19.1 Å². The lowest BCUT2D eigenvalue weighted by atomic mass is 9.93. The van der Waals surface area contributed by atoms with Crippen molar-refractivity contribution >= 4 is 75.9 Å². The molecule has 12 aromatic rings. The topological polar surface area (TPSA) is 35.6 Å². The molecule has 0 fully saturated rings. The maximum Gasteiger partial charge on any atom is 0.235 e. The van der Waals surface area contributed by atoms with Gasteiger partial charge in [-0.2, -0.15) is 0 Å². The van der Waals surface area contributed by atoms with Crippen LogP contribution in [0, 0.1) is 5.82 Å². The van der Waals surface area contributed by atoms with Crippen molar-refractivity contribution < 1.29 is 4.39 Å². The number of rotatable bonds is 4. The van der Waals surface area contributed by atoms with E-state index in [0.717, 1.165) is 82.2 Å². The Morgan fingerprint density at radius 3 is 1.53 bits per heavy atom. The van der Waals surface area contributed by atoms with Crippen LogP contribution in [0.2, 0.25) is 0 Å². The molecule has 9 aromatic carbocycles. The minimum absolute atomic E-state index is 0.250. The molecule has 0 atom stereocenters. The number of aromatic nitrogens is 4. The summed E-state index contributed by atoms with van der Waals surface area (Å²) in [6.45, 7) is 0. The first-order valence-electron chi connectivity index (χ1n) is 19.2. The van der Waals surface area contributed by atoms with Crippen LogP contribution in [0.1, 0.15) is 0 Å². The monoisotopic (exact) mass is 730 g/mol. The number of hydrogen-bond acceptors (Lipinski definition) is 2. The third-order valence-corrected chi connectivity index (χ3v) is 11.6. The van der Waals surface area contributed by atoms with Crippen molar-refractivity contribution in [2.45, 2.75) is 0 Å². The molecule has 0 spiro atoms. The zero-order valence-corrected chi connectivity index (χ0v) is 30.6. The minimum atomic E-state index is -0.250. The van der Waals surface area contributed by atoms with E-state index in [-0.39, 0.29) is 5.82 Å². The summed E-state index contributed by atoms with van der Waals surface area (Å²) >= 11 is 0. The number of para-hydroxylation sites is 3. The second-order valence-electron chi connectivity index (χ2n) is 14.7. The highest BCUT2D eigenvalue weighted by molar-refractivity contribution is 6.25. The molecule has 5 heteroatoms. The third-order valence-electron chi connectivity index (χ3n) is 11.6. The molecule has 0 amide bonds. The molecule has 0 aliphatic carbocycles. The van der Waals surface area contributed by atoms with Crippen LogP contribution in [0.15, 0.2) is 188 Å². The zero-order chi connectivity index (χ0) is 37.6. The van der Waals surface area contributed by atoms with Gasteiger partial charge in [0.05, 0.1) is 27.8 Å². The minimum Gasteiger partial charge on any atom is -0.309 e. The summed E-state index contributed by atoms with van der Waals surface area (Å²) < 4.78 is 19.2. The van der Waals surface area contributed by atoms with E-state index in [9.17, 15) is 4.39 Å². The average molecular weight is 731 g/mol. The molecule has 0 radical (unpaired) electrons. The second kappa shape index (κ2) is 12.2. The van der Waals surface area contributed by atoms with Crippen molar-refractivity contribution in [3.05, 3.63) is 194 Å². The fourth-order valence-corrected chi connectivity index (χ4v) is 9.08. The molecule has 0 N–H and O–H groups in total. The molecule has 0 unspecified atom stereocenters. The summed E-state index contributed by atoms with van der Waals surface area (Å²) in [4.78, 5) is 10.0. The Balaban J connectivity index is 1.00. The largest absolute Gasteiger partial charge is 0.309 e. The maximum atomic E-state index is 14.7. The van der Waals surface area contributed by atoms with E-state index in [1.165, 1.54) is 21.8 Å². The van der Waals surface area contributed by atoms with Crippen molar-refractivity contribution in [2.75, 3.05) is 0 Å². The normalized spacial score (nSPS) is 11.9. The van der Waals surface area contributed by atoms with E-state index in [4.69, 9.17) is 9.97 Å². The molecular formula is C52H31FN4. The van der Waals surface area contributed by atoms with Gasteiger partial charge in [0, 0.05) is 39.0 Å². The Labute approximate surface area is 326 Å². The molecule has 3 aromatic heterocycles. The van der Waals surface area contributed by atoms with Crippen LogP contribution in [-0.2, 0) is 0 Å². The van der Waals surface area contributed by atoms with Crippen LogP contribution < -0.4 is 0 Å². The van der Waals surface area contributed by atoms with Crippen LogP contribution in [0.25, 0.3) is 110 Å². The highest BCUT2D eigenvalue weighted by Crippen LogP contribution is 2.40. The van der Waals surface area contributed by atoms with E-state index in [0.29, 0.717) is 5.95 Å². The van der Waals surface area contributed by atoms with Gasteiger partial charge in [-0.25, -0.2) is 14.4 Å². The lowest BCUT2D eigenvalue weighted by Gasteiger charge is -2.12. The van der Waals surface area contributed by atoms with Gasteiger partial charge in [-0.3, -0.25) is 4.57 Å². The molecule has 0 aliphatic heterocycles. The summed E-state index contributed by atoms with van der Waals surface area (Å²) in [6.07, 6.45) is 1.83. The first-order valence-corrected chi connectivity index (χ1v) is 19.2. The van der Waals surface area contributed by atoms with E-state index in [1.807, 2.05) is 24.4 Å². The number of nitrogens with zero attached hydrogens (tertiary/aromatic N) is 4. The summed E-state index contributed by atoms with van der Waals surface area (Å²) in [5, 5.41) is 11.0. The fourth-order valence-electron chi connectivity index (χ4n) is 9.08. The molecule has 0 aliphatic rings. The number of benzene rings is 9. The van der Waals surface area contributed by atoms with Gasteiger partial charge in [0.15, 0.2) is 0 Å². The van der Waals surface area contributed by atoms with Gasteiger partial charge in [0.25, 0.3) is 0 Å². The van der Waals surface area contributed by atoms with Gasteiger partial charge >= 0.3 is 0 Å². The smallest absolute Gasteiger partial charge is 0.235 e. The quantitative estimate of drug-likeness (QED) is 0.169. The second-order valence-corrected chi connectivity index (χ2v) is 14.7. The van der Waals surface area contributed by atoms with Crippen molar-refractivity contribution in [2.24, 2.45) is 0 Å². The van der Waals surface area contributed by atoms with Crippen LogP contribution in [0.5, 0.6) is 0 Å². The van der Waals surface area contributed by atoms with Gasteiger partial charge in [0.1, 0.15) is 5.82 Å². The molecule has 0 saturated heterocycles. The Kier molecular flexibility index (Phi) is 6.78. The Hall–Kier alpha value is -7.63. The molecule has 12 rings (SSSR count). The van der Waals surface area contributed by atoms with Crippen LogP contribution in [0.4, 0.5) is 4.39 Å². The fraction of sp³-hybridized carbons (Fsp3) is 0. The predicted octanol–water partition coefficient (Wildman–Crippen LogP) is 13.6. The van der Waals surface area contributed by atoms with Gasteiger partial charge in [-0.1, -0.05) is 109 Å². The lowest BCUT2D eigenvalue weighted by molar-refractivity contribution is 0.630. The molecule has 57 heavy (non-hydrogen) atoms. The van der Waals surface area contributed by atoms with Crippen molar-refractivity contribution in [3.8, 4) is 34.0 Å². The molecule has 266 valence electrons. The van der Waals surface area contributed by atoms with Crippen molar-refractivity contribution in [1.29, 1.82) is 0 Å². The van der Waals surface area contributed by atoms with Crippen LogP contribution in [-0.4, -0.2) is 19.1 Å². The SMILES string of the molecule is Fc1ccc2c3ccccc3c3ccc(-c4ccnc(-n5c6ccccc6c6cc(-c7ccc8c(c7)c7ccccc7n8-c7ccccc7)ccc65)n4)cc3c2c1.